The quantitative estimate of drug-likeness (QED) is 0.128. The molecule has 4 aromatic rings. The molecule has 6 rings (SSSR count). The molecule has 4 aromatic carbocycles. The molecule has 0 saturated carbocycles. The smallest absolute Gasteiger partial charge is 0.410 e. The number of nitrogens with two attached hydrogens (primary N) is 2. The number of likely N-dealkylation sites (tertiary alicyclic amines) is 2. The average molecular weight is 923 g/mol. The van der Waals surface area contributed by atoms with E-state index in [4.69, 9.17) is 20.9 Å². The van der Waals surface area contributed by atoms with Crippen LogP contribution in [0.2, 0.25) is 0 Å². The van der Waals surface area contributed by atoms with E-state index in [0.29, 0.717) is 24.2 Å². The monoisotopic (exact) mass is 920 g/mol. The first-order valence-electron chi connectivity index (χ1n) is 19.9. The second kappa shape index (κ2) is 19.3. The largest absolute Gasteiger partial charge is 0.444 e. The molecule has 12 heteroatoms. The van der Waals surface area contributed by atoms with Gasteiger partial charge in [-0.15, -0.1) is 0 Å². The molecule has 2 heterocycles. The Morgan fingerprint density at radius 1 is 0.621 bits per heavy atom. The molecule has 2 saturated heterocycles. The van der Waals surface area contributed by atoms with Crippen LogP contribution in [0, 0.1) is 0 Å². The minimum atomic E-state index is -0.758. The zero-order valence-electron chi connectivity index (χ0n) is 34.3. The Morgan fingerprint density at radius 2 is 0.966 bits per heavy atom. The van der Waals surface area contributed by atoms with Gasteiger partial charge in [0, 0.05) is 32.4 Å². The molecule has 2 fully saturated rings. The number of amides is 2. The molecule has 312 valence electrons. The van der Waals surface area contributed by atoms with Crippen molar-refractivity contribution in [2.24, 2.45) is 0 Å². The van der Waals surface area contributed by atoms with Gasteiger partial charge in [-0.25, -0.2) is 9.59 Å². The number of aliphatic hydroxyl groups is 2. The van der Waals surface area contributed by atoms with E-state index in [1.807, 2.05) is 139 Å². The lowest BCUT2D eigenvalue weighted by Gasteiger charge is -2.35. The third-order valence-electron chi connectivity index (χ3n) is 10.4. The second-order valence-corrected chi connectivity index (χ2v) is 18.9. The lowest BCUT2D eigenvalue weighted by atomic mass is 10.0. The van der Waals surface area contributed by atoms with E-state index in [2.05, 4.69) is 31.9 Å². The molecule has 6 N–H and O–H groups in total. The van der Waals surface area contributed by atoms with Crippen LogP contribution in [-0.2, 0) is 22.3 Å². The lowest BCUT2D eigenvalue weighted by molar-refractivity contribution is -0.00515. The number of benzene rings is 4. The Kier molecular flexibility index (Phi) is 15.0. The van der Waals surface area contributed by atoms with Crippen LogP contribution in [0.1, 0.15) is 102 Å². The van der Waals surface area contributed by atoms with E-state index in [0.717, 1.165) is 56.9 Å². The number of anilines is 2. The van der Waals surface area contributed by atoms with Gasteiger partial charge in [0.2, 0.25) is 0 Å². The normalized spacial score (nSPS) is 20.5. The average Bonchev–Trinajstić information content (AvgIpc) is 3.78. The summed E-state index contributed by atoms with van der Waals surface area (Å²) in [6, 6.07) is 29.9. The molecule has 0 bridgehead atoms. The summed E-state index contributed by atoms with van der Waals surface area (Å²) < 4.78 is 13.1. The van der Waals surface area contributed by atoms with E-state index in [-0.39, 0.29) is 36.4 Å². The summed E-state index contributed by atoms with van der Waals surface area (Å²) in [5.41, 5.74) is 15.8. The highest BCUT2D eigenvalue weighted by molar-refractivity contribution is 9.11. The van der Waals surface area contributed by atoms with Crippen LogP contribution in [0.3, 0.4) is 0 Å². The van der Waals surface area contributed by atoms with E-state index in [9.17, 15) is 19.8 Å². The summed E-state index contributed by atoms with van der Waals surface area (Å²) in [5, 5.41) is 22.1. The number of nitrogen functional groups attached to an aromatic ring is 2. The lowest BCUT2D eigenvalue weighted by Crippen LogP contribution is -2.47. The van der Waals surface area contributed by atoms with Crippen molar-refractivity contribution in [3.8, 4) is 0 Å². The van der Waals surface area contributed by atoms with Crippen molar-refractivity contribution in [1.82, 2.24) is 9.80 Å². The Morgan fingerprint density at radius 3 is 1.28 bits per heavy atom. The summed E-state index contributed by atoms with van der Waals surface area (Å²) in [5.74, 6) is 0. The van der Waals surface area contributed by atoms with Gasteiger partial charge < -0.3 is 31.2 Å². The van der Waals surface area contributed by atoms with Gasteiger partial charge in [-0.2, -0.15) is 0 Å². The number of hydrogen-bond acceptors (Lipinski definition) is 8. The van der Waals surface area contributed by atoms with Crippen molar-refractivity contribution in [2.45, 2.75) is 128 Å². The predicted molar refractivity (Wildman–Crippen MR) is 237 cm³/mol. The fourth-order valence-corrected chi connectivity index (χ4v) is 8.58. The highest BCUT2D eigenvalue weighted by atomic mass is 79.9. The molecule has 0 spiro atoms. The molecule has 0 unspecified atom stereocenters. The van der Waals surface area contributed by atoms with Crippen molar-refractivity contribution >= 4 is 55.4 Å². The highest BCUT2D eigenvalue weighted by Crippen LogP contribution is 2.38. The van der Waals surface area contributed by atoms with Gasteiger partial charge in [-0.3, -0.25) is 9.80 Å². The Hall–Kier alpha value is -4.10. The molecule has 2 aliphatic rings. The number of hydrogen-bond donors (Lipinski definition) is 4. The van der Waals surface area contributed by atoms with Crippen LogP contribution in [0.25, 0.3) is 0 Å². The maximum atomic E-state index is 13.1. The SMILES string of the molecule is CC(C)(C)OC(=O)N1[C@@H](Cc2ccc(N)c(Br)c2)CC[C@@H]1[C@H](O)c1ccccc1.CC(C)(C)OC(=O)N1[C@H](Cc2ccc(N)c(Br)c2)CC[C@@H]1[C@H](O)c1ccccc1. The molecule has 6 atom stereocenters. The zero-order chi connectivity index (χ0) is 42.4. The predicted octanol–water partition coefficient (Wildman–Crippen LogP) is 10.2. The standard InChI is InChI=1S/2C23H29BrN2O3/c2*1-23(2,3)29-22(28)26-17(13-15-9-11-19(25)18(24)14-15)10-12-20(26)21(27)16-7-5-4-6-8-16/h2*4-9,11,14,17,20-21,27H,10,12-13,25H2,1-3H3/t17-,20+,21+;17-,20-,21-/m01/s1. The van der Waals surface area contributed by atoms with E-state index >= 15 is 0 Å². The first kappa shape index (κ1) is 45.0. The topological polar surface area (TPSA) is 152 Å². The molecular formula is C46H58Br2N4O6. The second-order valence-electron chi connectivity index (χ2n) is 17.2. The van der Waals surface area contributed by atoms with Gasteiger partial charge in [0.05, 0.1) is 24.3 Å². The summed E-state index contributed by atoms with van der Waals surface area (Å²) >= 11 is 6.95. The van der Waals surface area contributed by atoms with Gasteiger partial charge in [0.15, 0.2) is 0 Å². The minimum absolute atomic E-state index is 0.0521. The summed E-state index contributed by atoms with van der Waals surface area (Å²) in [4.78, 5) is 29.7. The van der Waals surface area contributed by atoms with Crippen LogP contribution in [-0.4, -0.2) is 67.6 Å². The van der Waals surface area contributed by atoms with Crippen LogP contribution in [0.4, 0.5) is 21.0 Å². The number of carbonyl (C=O) groups excluding carboxylic acids is 2. The van der Waals surface area contributed by atoms with Gasteiger partial charge >= 0.3 is 12.2 Å². The maximum absolute atomic E-state index is 13.1. The molecule has 0 aliphatic carbocycles. The maximum Gasteiger partial charge on any atom is 0.410 e. The molecule has 0 aromatic heterocycles. The van der Waals surface area contributed by atoms with Gasteiger partial charge in [-0.05, 0) is 158 Å². The third kappa shape index (κ3) is 12.0. The minimum Gasteiger partial charge on any atom is -0.444 e. The number of aliphatic hydroxyl groups excluding tert-OH is 2. The highest BCUT2D eigenvalue weighted by Gasteiger charge is 2.44. The summed E-state index contributed by atoms with van der Waals surface area (Å²) in [6.07, 6.45) is 2.12. The van der Waals surface area contributed by atoms with E-state index in [1.54, 1.807) is 9.80 Å². The van der Waals surface area contributed by atoms with Gasteiger partial charge in [0.1, 0.15) is 11.2 Å². The molecule has 0 radical (unpaired) electrons. The van der Waals surface area contributed by atoms with Gasteiger partial charge in [0.25, 0.3) is 0 Å². The van der Waals surface area contributed by atoms with E-state index < -0.39 is 23.4 Å². The molecule has 2 aliphatic heterocycles. The first-order valence-corrected chi connectivity index (χ1v) is 21.5. The number of rotatable bonds is 8. The molecule has 2 amide bonds. The van der Waals surface area contributed by atoms with Crippen molar-refractivity contribution in [2.75, 3.05) is 11.5 Å². The zero-order valence-corrected chi connectivity index (χ0v) is 37.4. The first-order chi connectivity index (χ1) is 27.3. The Balaban J connectivity index is 0.000000221. The number of nitrogens with zero attached hydrogens (tertiary/aromatic N) is 2. The molecule has 10 nitrogen and oxygen atoms in total. The molecule has 58 heavy (non-hydrogen) atoms. The van der Waals surface area contributed by atoms with Gasteiger partial charge in [-0.1, -0.05) is 72.8 Å². The molecular weight excluding hydrogens is 864 g/mol. The third-order valence-corrected chi connectivity index (χ3v) is 11.8. The number of ether oxygens (including phenoxy) is 2. The number of carbonyl (C=O) groups is 2. The van der Waals surface area contributed by atoms with Crippen molar-refractivity contribution in [3.63, 3.8) is 0 Å². The van der Waals surface area contributed by atoms with Crippen LogP contribution >= 0.6 is 31.9 Å². The van der Waals surface area contributed by atoms with Crippen LogP contribution < -0.4 is 11.5 Å². The fraction of sp³-hybridized carbons (Fsp3) is 0.435. The number of halogens is 2. The van der Waals surface area contributed by atoms with Crippen LogP contribution in [0.5, 0.6) is 0 Å². The van der Waals surface area contributed by atoms with Crippen LogP contribution in [0.15, 0.2) is 106 Å². The van der Waals surface area contributed by atoms with Crippen molar-refractivity contribution in [1.29, 1.82) is 0 Å². The Labute approximate surface area is 360 Å². The van der Waals surface area contributed by atoms with Crippen molar-refractivity contribution in [3.05, 3.63) is 128 Å². The summed E-state index contributed by atoms with van der Waals surface area (Å²) in [6.45, 7) is 11.1. The van der Waals surface area contributed by atoms with E-state index in [1.165, 1.54) is 0 Å². The van der Waals surface area contributed by atoms with Crippen molar-refractivity contribution < 1.29 is 29.3 Å². The Bertz CT molecular complexity index is 1840. The fourth-order valence-electron chi connectivity index (χ4n) is 7.73. The summed E-state index contributed by atoms with van der Waals surface area (Å²) in [7, 11) is 0.